The Morgan fingerprint density at radius 1 is 1.02 bits per heavy atom. The van der Waals surface area contributed by atoms with Crippen molar-refractivity contribution >= 4 is 11.6 Å². The maximum absolute atomic E-state index is 14.4. The number of alkyl halides is 2. The summed E-state index contributed by atoms with van der Waals surface area (Å²) >= 11 is 0. The molecule has 7 rings (SSSR count). The smallest absolute Gasteiger partial charge is 0.304 e. The number of nitriles is 1. The van der Waals surface area contributed by atoms with Crippen LogP contribution in [0.3, 0.4) is 0 Å². The molecule has 2 saturated heterocycles. The molecule has 2 aliphatic heterocycles. The molecule has 3 atom stereocenters. The number of methoxy groups -OCH3 is 1. The normalized spacial score (nSPS) is 22.7. The maximum atomic E-state index is 14.4. The van der Waals surface area contributed by atoms with Gasteiger partial charge in [0.2, 0.25) is 5.95 Å². The summed E-state index contributed by atoms with van der Waals surface area (Å²) in [7, 11) is 1.22. The molecule has 3 aliphatic rings. The van der Waals surface area contributed by atoms with Gasteiger partial charge in [0.25, 0.3) is 5.88 Å². The molecule has 1 saturated carbocycles. The number of aromatic nitrogens is 7. The van der Waals surface area contributed by atoms with Crippen molar-refractivity contribution in [3.05, 3.63) is 55.0 Å². The lowest BCUT2D eigenvalue weighted by Crippen LogP contribution is -2.52. The fourth-order valence-electron chi connectivity index (χ4n) is 7.46. The first-order chi connectivity index (χ1) is 24.8. The van der Waals surface area contributed by atoms with E-state index < -0.39 is 19.1 Å². The number of nitrogens with zero attached hydrogens (tertiary/aromatic N) is 9. The highest BCUT2D eigenvalue weighted by Crippen LogP contribution is 2.40. The lowest BCUT2D eigenvalue weighted by Gasteiger charge is -2.43. The topological polar surface area (TPSA) is 150 Å². The van der Waals surface area contributed by atoms with Gasteiger partial charge in [0.15, 0.2) is 6.61 Å². The van der Waals surface area contributed by atoms with Crippen LogP contribution < -0.4 is 14.8 Å². The minimum Gasteiger partial charge on any atom is -0.487 e. The van der Waals surface area contributed by atoms with Crippen molar-refractivity contribution in [3.8, 4) is 28.8 Å². The van der Waals surface area contributed by atoms with Gasteiger partial charge in [-0.15, -0.1) is 5.10 Å². The number of fused-ring (bicyclic) bond motifs is 2. The molecule has 1 N–H and O–H groups in total. The van der Waals surface area contributed by atoms with Crippen LogP contribution >= 0.6 is 0 Å². The molecule has 0 radical (unpaired) electrons. The van der Waals surface area contributed by atoms with Crippen LogP contribution in [0.2, 0.25) is 0 Å². The van der Waals surface area contributed by atoms with Crippen LogP contribution in [0.5, 0.6) is 11.6 Å². The average Bonchev–Trinajstić information content (AvgIpc) is 3.85. The molecule has 2 bridgehead atoms. The van der Waals surface area contributed by atoms with Gasteiger partial charge in [-0.25, -0.2) is 28.4 Å². The van der Waals surface area contributed by atoms with E-state index in [4.69, 9.17) is 14.2 Å². The van der Waals surface area contributed by atoms with Crippen molar-refractivity contribution in [2.45, 2.75) is 88.2 Å². The van der Waals surface area contributed by atoms with Crippen LogP contribution in [0.25, 0.3) is 11.1 Å². The number of morpholine rings is 1. The summed E-state index contributed by atoms with van der Waals surface area (Å²) < 4.78 is 54.4. The summed E-state index contributed by atoms with van der Waals surface area (Å²) in [6, 6.07) is 9.09. The predicted molar refractivity (Wildman–Crippen MR) is 181 cm³/mol. The molecule has 1 aliphatic carbocycles. The molecule has 14 nitrogen and oxygen atoms in total. The molecule has 51 heavy (non-hydrogen) atoms. The second-order valence-corrected chi connectivity index (χ2v) is 13.5. The van der Waals surface area contributed by atoms with E-state index in [1.165, 1.54) is 26.3 Å². The lowest BCUT2D eigenvalue weighted by molar-refractivity contribution is -0.0917. The third-order valence-electron chi connectivity index (χ3n) is 9.81. The van der Waals surface area contributed by atoms with Gasteiger partial charge in [-0.1, -0.05) is 6.07 Å². The summed E-state index contributed by atoms with van der Waals surface area (Å²) in [5, 5.41) is 21.5. The molecular weight excluding hydrogens is 662 g/mol. The van der Waals surface area contributed by atoms with Gasteiger partial charge < -0.3 is 24.3 Å². The van der Waals surface area contributed by atoms with E-state index in [9.17, 15) is 14.0 Å². The Bertz CT molecular complexity index is 1770. The highest BCUT2D eigenvalue weighted by molar-refractivity contribution is 5.67. The minimum atomic E-state index is -3.19. The fraction of sp³-hybridized carbons (Fsp3) is 0.543. The first-order valence-corrected chi connectivity index (χ1v) is 17.3. The monoisotopic (exact) mass is 704 g/mol. The average molecular weight is 705 g/mol. The van der Waals surface area contributed by atoms with Crippen molar-refractivity contribution in [2.75, 3.05) is 38.9 Å². The Morgan fingerprint density at radius 2 is 1.75 bits per heavy atom. The zero-order valence-electron chi connectivity index (χ0n) is 28.7. The van der Waals surface area contributed by atoms with Gasteiger partial charge >= 0.3 is 5.92 Å². The van der Waals surface area contributed by atoms with Crippen LogP contribution in [0, 0.1) is 11.3 Å². The molecule has 3 fully saturated rings. The molecule has 1 aromatic carbocycles. The molecule has 270 valence electrons. The summed E-state index contributed by atoms with van der Waals surface area (Å²) in [5.74, 6) is -2.48. The molecule has 0 spiro atoms. The third-order valence-corrected chi connectivity index (χ3v) is 9.81. The molecule has 4 aromatic rings. The zero-order chi connectivity index (χ0) is 35.4. The summed E-state index contributed by atoms with van der Waals surface area (Å²) in [4.78, 5) is 15.6. The number of anilines is 2. The number of halogens is 2. The standard InChI is InChI=1S/C35H42F2N10O4/c1-23(15-45-22-39-21-42-45)51-32-11-24(3-4-25(32)12-38)26-13-40-34(41-14-26)43-31-16-46(44-33(31)50-20-35(36,37)19-48-2)27-5-7-28(8-6-27)47-29-9-10-30(47)18-49-17-29/h3-4,11,13-14,16,21-23,27-30H,5-10,15,17-20H2,1-2H3,(H,40,41,43)/t23?,27?,28?,29-,30+. The second kappa shape index (κ2) is 15.3. The van der Waals surface area contributed by atoms with E-state index in [0.29, 0.717) is 47.2 Å². The highest BCUT2D eigenvalue weighted by Gasteiger charge is 2.42. The van der Waals surface area contributed by atoms with Gasteiger partial charge in [0, 0.05) is 43.2 Å². The predicted octanol–water partition coefficient (Wildman–Crippen LogP) is 5.02. The van der Waals surface area contributed by atoms with E-state index in [1.54, 1.807) is 47.8 Å². The highest BCUT2D eigenvalue weighted by atomic mass is 19.3. The molecular formula is C35H42F2N10O4. The van der Waals surface area contributed by atoms with Gasteiger partial charge in [0.1, 0.15) is 42.9 Å². The zero-order valence-corrected chi connectivity index (χ0v) is 28.7. The molecule has 0 amide bonds. The Hall–Kier alpha value is -4.72. The Balaban J connectivity index is 1.05. The van der Waals surface area contributed by atoms with Crippen LogP contribution in [0.4, 0.5) is 20.4 Å². The maximum Gasteiger partial charge on any atom is 0.304 e. The molecule has 5 heterocycles. The van der Waals surface area contributed by atoms with E-state index in [-0.39, 0.29) is 24.0 Å². The van der Waals surface area contributed by atoms with Crippen LogP contribution in [0.15, 0.2) is 49.4 Å². The first-order valence-electron chi connectivity index (χ1n) is 17.3. The lowest BCUT2D eigenvalue weighted by atomic mass is 9.89. The van der Waals surface area contributed by atoms with Crippen molar-refractivity contribution < 1.29 is 27.7 Å². The van der Waals surface area contributed by atoms with Crippen LogP contribution in [-0.4, -0.2) is 103 Å². The Kier molecular flexibility index (Phi) is 10.4. The van der Waals surface area contributed by atoms with Gasteiger partial charge in [0.05, 0.1) is 37.6 Å². The SMILES string of the molecule is COCC(F)(F)COc1nn(C2CCC(N3[C@@H]4CC[C@H]3COC4)CC2)cc1Nc1ncc(-c2ccc(C#N)c(OC(C)Cn3cncn3)c2)cn1. The van der Waals surface area contributed by atoms with Crippen LogP contribution in [-0.2, 0) is 16.0 Å². The summed E-state index contributed by atoms with van der Waals surface area (Å²) in [5.41, 5.74) is 2.22. The molecule has 16 heteroatoms. The number of ether oxygens (including phenoxy) is 4. The number of benzene rings is 1. The van der Waals surface area contributed by atoms with E-state index in [1.807, 2.05) is 11.6 Å². The van der Waals surface area contributed by atoms with Crippen molar-refractivity contribution in [3.63, 3.8) is 0 Å². The van der Waals surface area contributed by atoms with E-state index >= 15 is 0 Å². The third kappa shape index (κ3) is 8.11. The van der Waals surface area contributed by atoms with Crippen molar-refractivity contribution in [2.24, 2.45) is 0 Å². The van der Waals surface area contributed by atoms with Gasteiger partial charge in [-0.3, -0.25) is 9.58 Å². The summed E-state index contributed by atoms with van der Waals surface area (Å²) in [6.07, 6.45) is 14.1. The van der Waals surface area contributed by atoms with Crippen molar-refractivity contribution in [1.82, 2.24) is 39.4 Å². The van der Waals surface area contributed by atoms with E-state index in [0.717, 1.165) is 44.5 Å². The largest absolute Gasteiger partial charge is 0.487 e. The number of hydrogen-bond acceptors (Lipinski definition) is 12. The second-order valence-electron chi connectivity index (χ2n) is 13.5. The quantitative estimate of drug-likeness (QED) is 0.188. The Labute approximate surface area is 294 Å². The molecule has 3 aromatic heterocycles. The molecule has 1 unspecified atom stereocenters. The van der Waals surface area contributed by atoms with Crippen molar-refractivity contribution in [1.29, 1.82) is 5.26 Å². The van der Waals surface area contributed by atoms with Gasteiger partial charge in [-0.2, -0.15) is 10.4 Å². The van der Waals surface area contributed by atoms with E-state index in [2.05, 4.69) is 46.2 Å². The first kappa shape index (κ1) is 34.7. The fourth-order valence-corrected chi connectivity index (χ4v) is 7.46. The van der Waals surface area contributed by atoms with Crippen LogP contribution in [0.1, 0.15) is 57.1 Å². The Morgan fingerprint density at radius 3 is 2.43 bits per heavy atom. The number of hydrogen-bond donors (Lipinski definition) is 1. The number of nitrogens with one attached hydrogen (secondary N) is 1. The summed E-state index contributed by atoms with van der Waals surface area (Å²) in [6.45, 7) is 2.32. The minimum absolute atomic E-state index is 0.0423. The number of rotatable bonds is 14. The van der Waals surface area contributed by atoms with Gasteiger partial charge in [-0.05, 0) is 63.1 Å².